The van der Waals surface area contributed by atoms with Crippen molar-refractivity contribution in [2.75, 3.05) is 22.9 Å². The van der Waals surface area contributed by atoms with Crippen LogP contribution < -0.4 is 15.1 Å². The van der Waals surface area contributed by atoms with Crippen LogP contribution in [0.1, 0.15) is 19.6 Å². The van der Waals surface area contributed by atoms with Crippen molar-refractivity contribution in [3.63, 3.8) is 0 Å². The van der Waals surface area contributed by atoms with Crippen molar-refractivity contribution < 1.29 is 23.2 Å². The van der Waals surface area contributed by atoms with Crippen LogP contribution in [0.25, 0.3) is 6.08 Å². The van der Waals surface area contributed by atoms with Crippen LogP contribution >= 0.6 is 0 Å². The van der Waals surface area contributed by atoms with Crippen molar-refractivity contribution in [2.45, 2.75) is 13.8 Å². The monoisotopic (exact) mass is 371 g/mol. The van der Waals surface area contributed by atoms with Gasteiger partial charge in [0.2, 0.25) is 0 Å². The molecule has 140 valence electrons. The molecule has 1 fully saturated rings. The number of benzene rings is 1. The number of nitrogens with zero attached hydrogens (tertiary/aromatic N) is 2. The average Bonchev–Trinajstić information content (AvgIpc) is 3.09. The lowest BCUT2D eigenvalue weighted by Crippen LogP contribution is -2.54. The number of carbonyl (C=O) groups excluding carboxylic acids is 3. The smallest absolute Gasteiger partial charge is 0.336 e. The maximum absolute atomic E-state index is 14.0. The van der Waals surface area contributed by atoms with Crippen LogP contribution in [0.15, 0.2) is 46.4 Å². The number of imide groups is 2. The number of halogens is 1. The van der Waals surface area contributed by atoms with E-state index in [4.69, 9.17) is 4.42 Å². The van der Waals surface area contributed by atoms with E-state index in [1.807, 2.05) is 24.1 Å². The lowest BCUT2D eigenvalue weighted by Gasteiger charge is -2.26. The van der Waals surface area contributed by atoms with Crippen LogP contribution in [0, 0.1) is 5.82 Å². The zero-order valence-electron chi connectivity index (χ0n) is 14.9. The fraction of sp³-hybridized carbons (Fsp3) is 0.211. The zero-order valence-corrected chi connectivity index (χ0v) is 14.9. The van der Waals surface area contributed by atoms with Gasteiger partial charge < -0.3 is 9.32 Å². The second-order valence-electron chi connectivity index (χ2n) is 5.76. The Balaban J connectivity index is 1.96. The first-order valence-corrected chi connectivity index (χ1v) is 8.47. The van der Waals surface area contributed by atoms with Gasteiger partial charge in [0.05, 0.1) is 5.69 Å². The summed E-state index contributed by atoms with van der Waals surface area (Å²) in [5.74, 6) is -1.67. The molecule has 0 unspecified atom stereocenters. The lowest BCUT2D eigenvalue weighted by atomic mass is 10.1. The first-order chi connectivity index (χ1) is 13.0. The van der Waals surface area contributed by atoms with Crippen molar-refractivity contribution in [3.8, 4) is 0 Å². The third-order valence-corrected chi connectivity index (χ3v) is 4.17. The molecule has 0 bridgehead atoms. The number of hydrogen-bond donors (Lipinski definition) is 1. The van der Waals surface area contributed by atoms with Gasteiger partial charge in [-0.15, -0.1) is 0 Å². The Kier molecular flexibility index (Phi) is 5.07. The number of hydrogen-bond acceptors (Lipinski definition) is 5. The highest BCUT2D eigenvalue weighted by Gasteiger charge is 2.38. The number of furan rings is 1. The van der Waals surface area contributed by atoms with Crippen LogP contribution in [-0.4, -0.2) is 30.9 Å². The largest absolute Gasteiger partial charge is 0.441 e. The maximum atomic E-state index is 14.0. The van der Waals surface area contributed by atoms with Gasteiger partial charge in [0.15, 0.2) is 5.88 Å². The highest BCUT2D eigenvalue weighted by Crippen LogP contribution is 2.26. The Morgan fingerprint density at radius 2 is 1.81 bits per heavy atom. The molecule has 0 spiro atoms. The van der Waals surface area contributed by atoms with E-state index in [9.17, 15) is 18.8 Å². The number of carbonyl (C=O) groups is 3. The van der Waals surface area contributed by atoms with E-state index in [1.165, 1.54) is 24.3 Å². The second-order valence-corrected chi connectivity index (χ2v) is 5.76. The molecule has 0 aliphatic carbocycles. The van der Waals surface area contributed by atoms with Gasteiger partial charge in [0.25, 0.3) is 11.8 Å². The molecule has 27 heavy (non-hydrogen) atoms. The molecule has 4 amide bonds. The van der Waals surface area contributed by atoms with Crippen molar-refractivity contribution in [1.29, 1.82) is 0 Å². The third-order valence-electron chi connectivity index (χ3n) is 4.17. The summed E-state index contributed by atoms with van der Waals surface area (Å²) in [4.78, 5) is 39.5. The highest BCUT2D eigenvalue weighted by atomic mass is 19.1. The molecule has 2 aromatic rings. The average molecular weight is 371 g/mol. The van der Waals surface area contributed by atoms with Crippen LogP contribution in [0.5, 0.6) is 0 Å². The summed E-state index contributed by atoms with van der Waals surface area (Å²) in [6.45, 7) is 5.41. The number of nitrogens with one attached hydrogen (secondary N) is 1. The molecule has 3 rings (SSSR count). The minimum absolute atomic E-state index is 0.235. The topological polar surface area (TPSA) is 82.9 Å². The number of barbiturate groups is 1. The number of para-hydroxylation sites is 1. The number of amides is 4. The first-order valence-electron chi connectivity index (χ1n) is 8.47. The Morgan fingerprint density at radius 1 is 1.11 bits per heavy atom. The van der Waals surface area contributed by atoms with Gasteiger partial charge in [-0.05, 0) is 38.1 Å². The quantitative estimate of drug-likeness (QED) is 0.645. The summed E-state index contributed by atoms with van der Waals surface area (Å²) in [5, 5.41) is 2.05. The molecular formula is C19H18FN3O4. The van der Waals surface area contributed by atoms with Gasteiger partial charge in [-0.25, -0.2) is 14.1 Å². The van der Waals surface area contributed by atoms with Crippen molar-refractivity contribution in [2.24, 2.45) is 0 Å². The van der Waals surface area contributed by atoms with Crippen LogP contribution in [0.3, 0.4) is 0 Å². The first kappa shape index (κ1) is 18.4. The Bertz CT molecular complexity index is 931. The number of urea groups is 1. The zero-order chi connectivity index (χ0) is 19.6. The fourth-order valence-electron chi connectivity index (χ4n) is 2.78. The Hall–Kier alpha value is -3.42. The summed E-state index contributed by atoms with van der Waals surface area (Å²) in [5.41, 5.74) is -0.556. The number of anilines is 2. The van der Waals surface area contributed by atoms with Crippen molar-refractivity contribution in [3.05, 3.63) is 53.5 Å². The summed E-state index contributed by atoms with van der Waals surface area (Å²) < 4.78 is 19.7. The number of rotatable bonds is 5. The van der Waals surface area contributed by atoms with Gasteiger partial charge >= 0.3 is 6.03 Å². The van der Waals surface area contributed by atoms with Gasteiger partial charge in [-0.2, -0.15) is 0 Å². The molecule has 1 aliphatic rings. The molecule has 1 aliphatic heterocycles. The standard InChI is InChI=1S/C19H18FN3O4/c1-3-22(4-2)16-10-9-12(27-16)11-13-17(24)21-19(26)23(18(13)25)15-8-6-5-7-14(15)20/h5-11H,3-4H2,1-2H3,(H,21,24,26)/b13-11+. The Morgan fingerprint density at radius 3 is 2.48 bits per heavy atom. The van der Waals surface area contributed by atoms with Crippen LogP contribution in [0.4, 0.5) is 20.8 Å². The minimum Gasteiger partial charge on any atom is -0.441 e. The van der Waals surface area contributed by atoms with Gasteiger partial charge in [-0.1, -0.05) is 12.1 Å². The Labute approximate surface area is 155 Å². The summed E-state index contributed by atoms with van der Waals surface area (Å²) >= 11 is 0. The van der Waals surface area contributed by atoms with E-state index < -0.39 is 23.7 Å². The predicted octanol–water partition coefficient (Wildman–Crippen LogP) is 2.93. The van der Waals surface area contributed by atoms with E-state index in [0.29, 0.717) is 10.8 Å². The molecule has 2 heterocycles. The van der Waals surface area contributed by atoms with E-state index in [1.54, 1.807) is 12.1 Å². The summed E-state index contributed by atoms with van der Waals surface area (Å²) in [6, 6.07) is 7.67. The fourth-order valence-corrected chi connectivity index (χ4v) is 2.78. The van der Waals surface area contributed by atoms with Gasteiger partial charge in [-0.3, -0.25) is 14.9 Å². The van der Waals surface area contributed by atoms with E-state index in [2.05, 4.69) is 0 Å². The minimum atomic E-state index is -1.00. The van der Waals surface area contributed by atoms with E-state index in [-0.39, 0.29) is 17.0 Å². The molecule has 1 N–H and O–H groups in total. The van der Waals surface area contributed by atoms with Gasteiger partial charge in [0.1, 0.15) is 17.2 Å². The molecule has 0 atom stereocenters. The predicted molar refractivity (Wildman–Crippen MR) is 97.7 cm³/mol. The van der Waals surface area contributed by atoms with Crippen LogP contribution in [0.2, 0.25) is 0 Å². The molecule has 8 heteroatoms. The molecule has 1 aromatic carbocycles. The van der Waals surface area contributed by atoms with Crippen molar-refractivity contribution >= 4 is 35.5 Å². The second kappa shape index (κ2) is 7.45. The van der Waals surface area contributed by atoms with Crippen molar-refractivity contribution in [1.82, 2.24) is 5.32 Å². The molecular weight excluding hydrogens is 353 g/mol. The summed E-state index contributed by atoms with van der Waals surface area (Å²) in [7, 11) is 0. The maximum Gasteiger partial charge on any atom is 0.336 e. The summed E-state index contributed by atoms with van der Waals surface area (Å²) in [6.07, 6.45) is 1.24. The highest BCUT2D eigenvalue weighted by molar-refractivity contribution is 6.39. The molecule has 0 saturated carbocycles. The van der Waals surface area contributed by atoms with E-state index >= 15 is 0 Å². The molecule has 1 saturated heterocycles. The SMILES string of the molecule is CCN(CC)c1ccc(/C=C2\C(=O)NC(=O)N(c3ccccc3F)C2=O)o1. The molecule has 1 aromatic heterocycles. The normalized spacial score (nSPS) is 16.0. The molecule has 7 nitrogen and oxygen atoms in total. The lowest BCUT2D eigenvalue weighted by molar-refractivity contribution is -0.122. The van der Waals surface area contributed by atoms with E-state index in [0.717, 1.165) is 19.2 Å². The molecule has 0 radical (unpaired) electrons. The third kappa shape index (κ3) is 3.46. The van der Waals surface area contributed by atoms with Crippen LogP contribution in [-0.2, 0) is 9.59 Å². The van der Waals surface area contributed by atoms with Gasteiger partial charge in [0, 0.05) is 19.2 Å².